The number of carbonyl (C=O) groups is 1. The Hall–Kier alpha value is -3.89. The molecule has 1 amide bonds. The summed E-state index contributed by atoms with van der Waals surface area (Å²) in [6.07, 6.45) is 6.91. The maximum absolute atomic E-state index is 12.5. The predicted molar refractivity (Wildman–Crippen MR) is 132 cm³/mol. The molecule has 10 heteroatoms. The molecule has 5 aromatic rings. The minimum absolute atomic E-state index is 0.198. The van der Waals surface area contributed by atoms with Gasteiger partial charge in [0.1, 0.15) is 10.7 Å². The van der Waals surface area contributed by atoms with E-state index in [1.54, 1.807) is 30.2 Å². The Labute approximate surface area is 204 Å². The lowest BCUT2D eigenvalue weighted by Crippen LogP contribution is -2.23. The number of carbonyl (C=O) groups excluding carboxylic acids is 1. The molecule has 0 aliphatic rings. The minimum Gasteiger partial charge on any atom is -0.347 e. The number of thioether (sulfide) groups is 1. The van der Waals surface area contributed by atoms with Gasteiger partial charge in [-0.1, -0.05) is 30.0 Å². The highest BCUT2D eigenvalue weighted by molar-refractivity contribution is 7.98. The fraction of sp³-hybridized carbons (Fsp3) is 0.0833. The first-order valence-electron chi connectivity index (χ1n) is 10.4. The average molecular weight is 486 g/mol. The fourth-order valence-electron chi connectivity index (χ4n) is 3.24. The van der Waals surface area contributed by atoms with Crippen LogP contribution in [0.1, 0.15) is 21.1 Å². The second-order valence-electron chi connectivity index (χ2n) is 7.17. The van der Waals surface area contributed by atoms with Crippen molar-refractivity contribution in [3.63, 3.8) is 0 Å². The molecule has 0 spiro atoms. The predicted octanol–water partition coefficient (Wildman–Crippen LogP) is 4.40. The number of para-hydroxylation sites is 1. The molecule has 0 saturated heterocycles. The van der Waals surface area contributed by atoms with Crippen molar-refractivity contribution >= 4 is 29.0 Å². The van der Waals surface area contributed by atoms with E-state index >= 15 is 0 Å². The van der Waals surface area contributed by atoms with Gasteiger partial charge in [-0.05, 0) is 42.0 Å². The molecule has 0 unspecified atom stereocenters. The first-order chi connectivity index (χ1) is 16.8. The number of pyridine rings is 2. The second-order valence-corrected chi connectivity index (χ2v) is 9.06. The molecule has 0 saturated carbocycles. The molecule has 4 aromatic heterocycles. The smallest absolute Gasteiger partial charge is 0.271 e. The van der Waals surface area contributed by atoms with E-state index in [1.165, 1.54) is 23.1 Å². The molecule has 8 nitrogen and oxygen atoms in total. The van der Waals surface area contributed by atoms with Crippen LogP contribution in [0, 0.1) is 0 Å². The molecule has 1 N–H and O–H groups in total. The van der Waals surface area contributed by atoms with Crippen LogP contribution in [0.2, 0.25) is 0 Å². The molecule has 0 aliphatic carbocycles. The zero-order chi connectivity index (χ0) is 23.2. The third-order valence-corrected chi connectivity index (χ3v) is 6.85. The van der Waals surface area contributed by atoms with Gasteiger partial charge >= 0.3 is 0 Å². The van der Waals surface area contributed by atoms with E-state index in [-0.39, 0.29) is 5.91 Å². The highest BCUT2D eigenvalue weighted by Gasteiger charge is 2.17. The van der Waals surface area contributed by atoms with Gasteiger partial charge in [-0.25, -0.2) is 4.98 Å². The lowest BCUT2D eigenvalue weighted by atomic mass is 10.2. The van der Waals surface area contributed by atoms with Gasteiger partial charge in [-0.3, -0.25) is 19.3 Å². The van der Waals surface area contributed by atoms with Gasteiger partial charge in [0.25, 0.3) is 5.91 Å². The standard InChI is InChI=1S/C24H19N7OS2/c32-23(27-13-17-8-11-25-12-9-17)20-15-33-21(28-20)16-34-24-30-29-22(18-5-4-10-26-14-18)31(24)19-6-2-1-3-7-19/h1-12,14-15H,13,16H2,(H,27,32). The van der Waals surface area contributed by atoms with E-state index in [0.717, 1.165) is 32.8 Å². The van der Waals surface area contributed by atoms with Crippen molar-refractivity contribution in [2.45, 2.75) is 17.5 Å². The van der Waals surface area contributed by atoms with Crippen molar-refractivity contribution in [2.24, 2.45) is 0 Å². The Kier molecular flexibility index (Phi) is 6.68. The molecular weight excluding hydrogens is 466 g/mol. The Morgan fingerprint density at radius 1 is 0.971 bits per heavy atom. The third-order valence-electron chi connectivity index (χ3n) is 4.88. The number of thiazole rings is 1. The summed E-state index contributed by atoms with van der Waals surface area (Å²) in [7, 11) is 0. The van der Waals surface area contributed by atoms with E-state index in [9.17, 15) is 4.79 Å². The Morgan fingerprint density at radius 2 is 1.82 bits per heavy atom. The molecule has 0 fully saturated rings. The number of benzene rings is 1. The number of rotatable bonds is 8. The van der Waals surface area contributed by atoms with Crippen LogP contribution >= 0.6 is 23.1 Å². The molecule has 1 aromatic carbocycles. The molecule has 0 bridgehead atoms. The molecule has 0 aliphatic heterocycles. The summed E-state index contributed by atoms with van der Waals surface area (Å²) >= 11 is 2.98. The maximum atomic E-state index is 12.5. The number of hydrogen-bond donors (Lipinski definition) is 1. The number of nitrogens with one attached hydrogen (secondary N) is 1. The molecule has 34 heavy (non-hydrogen) atoms. The Bertz CT molecular complexity index is 1370. The van der Waals surface area contributed by atoms with Crippen molar-refractivity contribution < 1.29 is 4.79 Å². The van der Waals surface area contributed by atoms with Gasteiger partial charge in [0, 0.05) is 48.0 Å². The summed E-state index contributed by atoms with van der Waals surface area (Å²) in [6, 6.07) is 17.5. The van der Waals surface area contributed by atoms with Crippen molar-refractivity contribution in [1.29, 1.82) is 0 Å². The summed E-state index contributed by atoms with van der Waals surface area (Å²) in [5.74, 6) is 1.09. The first-order valence-corrected chi connectivity index (χ1v) is 12.3. The zero-order valence-electron chi connectivity index (χ0n) is 17.9. The minimum atomic E-state index is -0.198. The highest BCUT2D eigenvalue weighted by Crippen LogP contribution is 2.30. The van der Waals surface area contributed by atoms with Gasteiger partial charge in [0.05, 0.1) is 5.75 Å². The molecule has 5 rings (SSSR count). The normalized spacial score (nSPS) is 10.8. The molecule has 0 atom stereocenters. The topological polar surface area (TPSA) is 98.5 Å². The van der Waals surface area contributed by atoms with Crippen LogP contribution < -0.4 is 5.32 Å². The Balaban J connectivity index is 1.31. The monoisotopic (exact) mass is 485 g/mol. The van der Waals surface area contributed by atoms with Crippen molar-refractivity contribution in [3.05, 3.63) is 101 Å². The van der Waals surface area contributed by atoms with Gasteiger partial charge in [-0.15, -0.1) is 21.5 Å². The number of amides is 1. The average Bonchev–Trinajstić information content (AvgIpc) is 3.55. The second kappa shape index (κ2) is 10.4. The number of hydrogen-bond acceptors (Lipinski definition) is 8. The van der Waals surface area contributed by atoms with Crippen LogP contribution in [0.15, 0.2) is 89.9 Å². The summed E-state index contributed by atoms with van der Waals surface area (Å²) in [5.41, 5.74) is 3.24. The first kappa shape index (κ1) is 21.9. The van der Waals surface area contributed by atoms with Crippen LogP contribution in [0.3, 0.4) is 0 Å². The van der Waals surface area contributed by atoms with E-state index in [4.69, 9.17) is 0 Å². The quantitative estimate of drug-likeness (QED) is 0.325. The summed E-state index contributed by atoms with van der Waals surface area (Å²) in [6.45, 7) is 0.431. The lowest BCUT2D eigenvalue weighted by Gasteiger charge is -2.09. The van der Waals surface area contributed by atoms with Gasteiger partial charge in [0.15, 0.2) is 11.0 Å². The Morgan fingerprint density at radius 3 is 2.62 bits per heavy atom. The highest BCUT2D eigenvalue weighted by atomic mass is 32.2. The van der Waals surface area contributed by atoms with E-state index in [0.29, 0.717) is 18.0 Å². The molecule has 168 valence electrons. The van der Waals surface area contributed by atoms with Crippen molar-refractivity contribution in [3.8, 4) is 17.1 Å². The molecule has 0 radical (unpaired) electrons. The summed E-state index contributed by atoms with van der Waals surface area (Å²) < 4.78 is 2.01. The van der Waals surface area contributed by atoms with Gasteiger partial charge < -0.3 is 5.32 Å². The number of nitrogens with zero attached hydrogens (tertiary/aromatic N) is 6. The fourth-order valence-corrected chi connectivity index (χ4v) is 4.98. The van der Waals surface area contributed by atoms with E-state index in [1.807, 2.05) is 59.2 Å². The van der Waals surface area contributed by atoms with Crippen LogP contribution in [0.25, 0.3) is 17.1 Å². The number of aromatic nitrogens is 6. The SMILES string of the molecule is O=C(NCc1ccncc1)c1csc(CSc2nnc(-c3cccnc3)n2-c2ccccc2)n1. The van der Waals surface area contributed by atoms with Crippen molar-refractivity contribution in [1.82, 2.24) is 35.0 Å². The molecule has 4 heterocycles. The summed E-state index contributed by atoms with van der Waals surface area (Å²) in [4.78, 5) is 25.2. The lowest BCUT2D eigenvalue weighted by molar-refractivity contribution is 0.0946. The van der Waals surface area contributed by atoms with E-state index < -0.39 is 0 Å². The largest absolute Gasteiger partial charge is 0.347 e. The molecular formula is C24H19N7OS2. The van der Waals surface area contributed by atoms with Gasteiger partial charge in [0.2, 0.25) is 0 Å². The van der Waals surface area contributed by atoms with E-state index in [2.05, 4.69) is 30.5 Å². The van der Waals surface area contributed by atoms with Crippen LogP contribution in [0.5, 0.6) is 0 Å². The van der Waals surface area contributed by atoms with Crippen LogP contribution in [0.4, 0.5) is 0 Å². The van der Waals surface area contributed by atoms with Crippen LogP contribution in [-0.2, 0) is 12.3 Å². The zero-order valence-corrected chi connectivity index (χ0v) is 19.5. The van der Waals surface area contributed by atoms with Crippen molar-refractivity contribution in [2.75, 3.05) is 0 Å². The summed E-state index contributed by atoms with van der Waals surface area (Å²) in [5, 5.41) is 15.1. The van der Waals surface area contributed by atoms with Gasteiger partial charge in [-0.2, -0.15) is 0 Å². The maximum Gasteiger partial charge on any atom is 0.271 e. The third kappa shape index (κ3) is 5.03. The van der Waals surface area contributed by atoms with Crippen LogP contribution in [-0.4, -0.2) is 35.6 Å².